The fraction of sp³-hybridized carbons (Fsp3) is 0.393. The van der Waals surface area contributed by atoms with Crippen LogP contribution in [0.2, 0.25) is 0 Å². The maximum absolute atomic E-state index is 13.7. The van der Waals surface area contributed by atoms with E-state index < -0.39 is 12.0 Å². The fourth-order valence-electron chi connectivity index (χ4n) is 4.20. The van der Waals surface area contributed by atoms with Crippen LogP contribution in [0, 0.1) is 0 Å². The second-order valence-electron chi connectivity index (χ2n) is 8.69. The van der Waals surface area contributed by atoms with E-state index in [1.165, 1.54) is 18.4 Å². The first-order valence-electron chi connectivity index (χ1n) is 12.5. The highest BCUT2D eigenvalue weighted by molar-refractivity contribution is 7.11. The second-order valence-corrected chi connectivity index (χ2v) is 10.7. The van der Waals surface area contributed by atoms with Gasteiger partial charge >= 0.3 is 5.97 Å². The Morgan fingerprint density at radius 1 is 1.13 bits per heavy atom. The van der Waals surface area contributed by atoms with Crippen molar-refractivity contribution in [2.45, 2.75) is 39.2 Å². The second kappa shape index (κ2) is 13.0. The molecular weight excluding hydrogens is 524 g/mol. The van der Waals surface area contributed by atoms with Crippen LogP contribution in [-0.4, -0.2) is 44.6 Å². The van der Waals surface area contributed by atoms with Crippen LogP contribution in [0.15, 0.2) is 56.8 Å². The highest BCUT2D eigenvalue weighted by Crippen LogP contribution is 2.36. The van der Waals surface area contributed by atoms with E-state index in [0.717, 1.165) is 24.1 Å². The fourth-order valence-corrected chi connectivity index (χ4v) is 5.97. The number of fused-ring (bicyclic) bond motifs is 1. The molecule has 0 fully saturated rings. The van der Waals surface area contributed by atoms with Crippen molar-refractivity contribution in [2.24, 2.45) is 4.99 Å². The number of unbranched alkanes of at least 4 members (excludes halogenated alkanes) is 2. The van der Waals surface area contributed by atoms with Crippen molar-refractivity contribution < 1.29 is 23.7 Å². The molecule has 4 rings (SSSR count). The number of nitrogens with zero attached hydrogens (tertiary/aromatic N) is 2. The van der Waals surface area contributed by atoms with Gasteiger partial charge in [0.1, 0.15) is 6.61 Å². The number of hydrogen-bond donors (Lipinski definition) is 0. The number of aromatic nitrogens is 1. The van der Waals surface area contributed by atoms with Crippen LogP contribution in [0.4, 0.5) is 0 Å². The maximum atomic E-state index is 13.7. The molecule has 0 radical (unpaired) electrons. The average molecular weight is 557 g/mol. The number of benzene rings is 1. The summed E-state index contributed by atoms with van der Waals surface area (Å²) in [5.41, 5.74) is 1.27. The number of allylic oxidation sites excluding steroid dienone is 1. The SMILES string of the molecule is CCCCCOc1ccc(C2C(C(=O)OCCOC)=C(C)N=c3s/c(=C\c4cccs4)c(=O)n32)cc1OC. The Kier molecular flexibility index (Phi) is 9.54. The number of hydrogen-bond acceptors (Lipinski definition) is 9. The van der Waals surface area contributed by atoms with Crippen molar-refractivity contribution in [1.82, 2.24) is 4.57 Å². The third-order valence-corrected chi connectivity index (χ3v) is 7.89. The summed E-state index contributed by atoms with van der Waals surface area (Å²) in [4.78, 5) is 33.1. The summed E-state index contributed by atoms with van der Waals surface area (Å²) in [5, 5.41) is 1.96. The van der Waals surface area contributed by atoms with Crippen LogP contribution in [0.3, 0.4) is 0 Å². The predicted octanol–water partition coefficient (Wildman–Crippen LogP) is 4.06. The molecule has 1 aromatic carbocycles. The number of esters is 1. The van der Waals surface area contributed by atoms with E-state index in [1.807, 2.05) is 41.8 Å². The highest BCUT2D eigenvalue weighted by atomic mass is 32.1. The normalized spacial score (nSPS) is 15.3. The largest absolute Gasteiger partial charge is 0.493 e. The molecule has 10 heteroatoms. The van der Waals surface area contributed by atoms with Gasteiger partial charge in [-0.3, -0.25) is 9.36 Å². The zero-order chi connectivity index (χ0) is 27.1. The van der Waals surface area contributed by atoms with Gasteiger partial charge in [-0.2, -0.15) is 0 Å². The molecule has 0 saturated carbocycles. The van der Waals surface area contributed by atoms with Gasteiger partial charge < -0.3 is 18.9 Å². The first-order valence-corrected chi connectivity index (χ1v) is 14.2. The minimum atomic E-state index is -0.741. The lowest BCUT2D eigenvalue weighted by molar-refractivity contribution is -0.140. The van der Waals surface area contributed by atoms with E-state index in [2.05, 4.69) is 11.9 Å². The first-order chi connectivity index (χ1) is 18.5. The number of thiophene rings is 1. The number of methoxy groups -OCH3 is 2. The molecule has 38 heavy (non-hydrogen) atoms. The minimum absolute atomic E-state index is 0.0927. The number of rotatable bonds is 12. The zero-order valence-corrected chi connectivity index (χ0v) is 23.7. The summed E-state index contributed by atoms with van der Waals surface area (Å²) in [7, 11) is 3.11. The van der Waals surface area contributed by atoms with Gasteiger partial charge in [-0.15, -0.1) is 11.3 Å². The molecule has 1 atom stereocenters. The molecule has 1 aliphatic heterocycles. The highest BCUT2D eigenvalue weighted by Gasteiger charge is 2.34. The third-order valence-electron chi connectivity index (χ3n) is 6.09. The summed E-state index contributed by atoms with van der Waals surface area (Å²) >= 11 is 2.85. The Morgan fingerprint density at radius 2 is 1.97 bits per heavy atom. The molecule has 0 N–H and O–H groups in total. The van der Waals surface area contributed by atoms with Crippen LogP contribution in [0.1, 0.15) is 49.6 Å². The summed E-state index contributed by atoms with van der Waals surface area (Å²) in [6.07, 6.45) is 4.99. The summed E-state index contributed by atoms with van der Waals surface area (Å²) in [6.45, 7) is 4.84. The topological polar surface area (TPSA) is 88.4 Å². The Balaban J connectivity index is 1.82. The Bertz CT molecular complexity index is 1470. The van der Waals surface area contributed by atoms with Crippen molar-refractivity contribution in [3.05, 3.63) is 77.1 Å². The molecule has 202 valence electrons. The number of ether oxygens (including phenoxy) is 4. The number of thiazole rings is 1. The van der Waals surface area contributed by atoms with Crippen molar-refractivity contribution >= 4 is 34.7 Å². The molecule has 1 unspecified atom stereocenters. The molecule has 3 aromatic rings. The molecule has 1 aliphatic rings. The Morgan fingerprint density at radius 3 is 2.68 bits per heavy atom. The van der Waals surface area contributed by atoms with E-state index in [4.69, 9.17) is 18.9 Å². The third kappa shape index (κ3) is 6.09. The van der Waals surface area contributed by atoms with Gasteiger partial charge in [0.15, 0.2) is 16.3 Å². The standard InChI is InChI=1S/C28H32N2O6S2/c1-5-6-7-12-35-21-11-10-19(16-22(21)34-4)25-24(27(32)36-14-13-33-3)18(2)29-28-30(25)26(31)23(38-28)17-20-9-8-15-37-20/h8-11,15-17,25H,5-7,12-14H2,1-4H3/b23-17-. The van der Waals surface area contributed by atoms with Crippen molar-refractivity contribution in [3.8, 4) is 11.5 Å². The van der Waals surface area contributed by atoms with Crippen LogP contribution in [0.25, 0.3) is 6.08 Å². The Labute approximate surface area is 229 Å². The number of carbonyl (C=O) groups excluding carboxylic acids is 1. The lowest BCUT2D eigenvalue weighted by Crippen LogP contribution is -2.40. The molecule has 0 spiro atoms. The van der Waals surface area contributed by atoms with Crippen LogP contribution in [-0.2, 0) is 14.3 Å². The van der Waals surface area contributed by atoms with E-state index in [1.54, 1.807) is 29.9 Å². The van der Waals surface area contributed by atoms with Crippen LogP contribution in [0.5, 0.6) is 11.5 Å². The molecule has 2 aromatic heterocycles. The zero-order valence-electron chi connectivity index (χ0n) is 22.0. The van der Waals surface area contributed by atoms with Crippen molar-refractivity contribution in [1.29, 1.82) is 0 Å². The molecule has 0 saturated heterocycles. The van der Waals surface area contributed by atoms with Crippen LogP contribution >= 0.6 is 22.7 Å². The van der Waals surface area contributed by atoms with Gasteiger partial charge in [-0.1, -0.05) is 43.2 Å². The number of carbonyl (C=O) groups is 1. The van der Waals surface area contributed by atoms with E-state index in [0.29, 0.717) is 44.3 Å². The molecular formula is C28H32N2O6S2. The predicted molar refractivity (Wildman–Crippen MR) is 149 cm³/mol. The van der Waals surface area contributed by atoms with Gasteiger partial charge in [-0.05, 0) is 48.6 Å². The molecule has 0 aliphatic carbocycles. The van der Waals surface area contributed by atoms with Gasteiger partial charge in [-0.25, -0.2) is 9.79 Å². The molecule has 8 nitrogen and oxygen atoms in total. The summed E-state index contributed by atoms with van der Waals surface area (Å²) < 4.78 is 24.2. The van der Waals surface area contributed by atoms with Gasteiger partial charge in [0.25, 0.3) is 5.56 Å². The first kappa shape index (κ1) is 27.8. The van der Waals surface area contributed by atoms with Gasteiger partial charge in [0, 0.05) is 12.0 Å². The van der Waals surface area contributed by atoms with Crippen molar-refractivity contribution in [3.63, 3.8) is 0 Å². The van der Waals surface area contributed by atoms with E-state index in [9.17, 15) is 9.59 Å². The average Bonchev–Trinajstić information content (AvgIpc) is 3.53. The summed E-state index contributed by atoms with van der Waals surface area (Å²) in [6, 6.07) is 8.65. The monoisotopic (exact) mass is 556 g/mol. The van der Waals surface area contributed by atoms with E-state index >= 15 is 0 Å². The van der Waals surface area contributed by atoms with Gasteiger partial charge in [0.2, 0.25) is 0 Å². The molecule has 0 bridgehead atoms. The smallest absolute Gasteiger partial charge is 0.338 e. The minimum Gasteiger partial charge on any atom is -0.493 e. The van der Waals surface area contributed by atoms with Crippen molar-refractivity contribution in [2.75, 3.05) is 34.0 Å². The van der Waals surface area contributed by atoms with E-state index in [-0.39, 0.29) is 18.8 Å². The lowest BCUT2D eigenvalue weighted by atomic mass is 9.95. The quantitative estimate of drug-likeness (QED) is 0.247. The Hall–Kier alpha value is -3.21. The van der Waals surface area contributed by atoms with Gasteiger partial charge in [0.05, 0.1) is 42.2 Å². The van der Waals surface area contributed by atoms with Crippen LogP contribution < -0.4 is 24.4 Å². The molecule has 0 amide bonds. The maximum Gasteiger partial charge on any atom is 0.338 e. The summed E-state index contributed by atoms with van der Waals surface area (Å²) in [5.74, 6) is 0.600. The molecule has 3 heterocycles. The lowest BCUT2D eigenvalue weighted by Gasteiger charge is -2.25.